The van der Waals surface area contributed by atoms with Gasteiger partial charge in [0, 0.05) is 0 Å². The Hall–Kier alpha value is -0.840. The Morgan fingerprint density at radius 1 is 1.13 bits per heavy atom. The zero-order valence-electron chi connectivity index (χ0n) is 6.32. The SMILES string of the molecule is O=S(O)C(F)(F)C(F)(F)OC(F)=C(F)F. The van der Waals surface area contributed by atoms with Gasteiger partial charge in [-0.1, -0.05) is 0 Å². The summed E-state index contributed by atoms with van der Waals surface area (Å²) in [6.45, 7) is 0. The predicted molar refractivity (Wildman–Crippen MR) is 32.1 cm³/mol. The average Bonchev–Trinajstić information content (AvgIpc) is 2.02. The quantitative estimate of drug-likeness (QED) is 0.481. The van der Waals surface area contributed by atoms with Gasteiger partial charge in [-0.15, -0.1) is 0 Å². The molecule has 0 aliphatic rings. The first-order chi connectivity index (χ1) is 6.52. The fraction of sp³-hybridized carbons (Fsp3) is 0.500. The molecule has 0 fully saturated rings. The molecule has 0 aliphatic carbocycles. The van der Waals surface area contributed by atoms with Gasteiger partial charge in [0.2, 0.25) is 11.1 Å². The highest BCUT2D eigenvalue weighted by molar-refractivity contribution is 7.80. The van der Waals surface area contributed by atoms with Crippen LogP contribution in [0.3, 0.4) is 0 Å². The van der Waals surface area contributed by atoms with E-state index >= 15 is 0 Å². The van der Waals surface area contributed by atoms with Crippen molar-refractivity contribution in [3.8, 4) is 0 Å². The fourth-order valence-electron chi connectivity index (χ4n) is 0.312. The molecule has 15 heavy (non-hydrogen) atoms. The second-order valence-corrected chi connectivity index (χ2v) is 2.93. The normalized spacial score (nSPS) is 14.7. The van der Waals surface area contributed by atoms with Crippen molar-refractivity contribution in [1.82, 2.24) is 0 Å². The lowest BCUT2D eigenvalue weighted by atomic mass is 10.6. The maximum atomic E-state index is 12.1. The minimum Gasteiger partial charge on any atom is -0.397 e. The van der Waals surface area contributed by atoms with E-state index in [1.54, 1.807) is 0 Å². The molecule has 0 radical (unpaired) electrons. The number of hydrogen-bond donors (Lipinski definition) is 1. The Kier molecular flexibility index (Phi) is 4.10. The molecular weight excluding hydrogens is 261 g/mol. The molecule has 0 amide bonds. The van der Waals surface area contributed by atoms with Crippen LogP contribution in [0.2, 0.25) is 0 Å². The lowest BCUT2D eigenvalue weighted by Gasteiger charge is -2.21. The van der Waals surface area contributed by atoms with Crippen molar-refractivity contribution in [2.24, 2.45) is 0 Å². The van der Waals surface area contributed by atoms with Crippen LogP contribution in [0.25, 0.3) is 0 Å². The van der Waals surface area contributed by atoms with Crippen LogP contribution in [0.5, 0.6) is 0 Å². The first-order valence-electron chi connectivity index (χ1n) is 2.78. The summed E-state index contributed by atoms with van der Waals surface area (Å²) >= 11 is -4.42. The highest BCUT2D eigenvalue weighted by Crippen LogP contribution is 2.39. The van der Waals surface area contributed by atoms with Gasteiger partial charge >= 0.3 is 23.5 Å². The first kappa shape index (κ1) is 14.2. The number of halogens is 7. The van der Waals surface area contributed by atoms with Crippen molar-refractivity contribution >= 4 is 11.1 Å². The van der Waals surface area contributed by atoms with Crippen molar-refractivity contribution in [2.75, 3.05) is 0 Å². The third-order valence-corrected chi connectivity index (χ3v) is 1.60. The Labute approximate surface area is 79.8 Å². The predicted octanol–water partition coefficient (Wildman–Crippen LogP) is 2.45. The molecule has 11 heteroatoms. The smallest absolute Gasteiger partial charge is 0.397 e. The number of alkyl halides is 4. The topological polar surface area (TPSA) is 46.5 Å². The fourth-order valence-corrected chi connectivity index (χ4v) is 0.557. The zero-order valence-corrected chi connectivity index (χ0v) is 7.13. The second kappa shape index (κ2) is 4.35. The van der Waals surface area contributed by atoms with Gasteiger partial charge in [0.05, 0.1) is 0 Å². The standard InChI is InChI=1S/C4HF7O3S/c5-1(6)2(7)14-3(8,9)4(10,11)15(12)13/h(H,12,13). The van der Waals surface area contributed by atoms with E-state index in [0.29, 0.717) is 0 Å². The van der Waals surface area contributed by atoms with E-state index in [0.717, 1.165) is 0 Å². The molecule has 0 heterocycles. The second-order valence-electron chi connectivity index (χ2n) is 1.92. The first-order valence-corrected chi connectivity index (χ1v) is 3.89. The van der Waals surface area contributed by atoms with E-state index in [-0.39, 0.29) is 0 Å². The molecule has 0 saturated carbocycles. The maximum Gasteiger partial charge on any atom is 0.482 e. The van der Waals surface area contributed by atoms with Gasteiger partial charge in [-0.25, -0.2) is 4.21 Å². The third-order valence-electron chi connectivity index (χ3n) is 0.925. The summed E-state index contributed by atoms with van der Waals surface area (Å²) in [4.78, 5) is 0. The summed E-state index contributed by atoms with van der Waals surface area (Å²) in [5.41, 5.74) is 0. The van der Waals surface area contributed by atoms with Crippen LogP contribution in [0.1, 0.15) is 0 Å². The molecule has 90 valence electrons. The largest absolute Gasteiger partial charge is 0.482 e. The van der Waals surface area contributed by atoms with Crippen LogP contribution in [0.4, 0.5) is 30.7 Å². The van der Waals surface area contributed by atoms with Crippen LogP contribution in [0.15, 0.2) is 12.1 Å². The molecule has 3 nitrogen and oxygen atoms in total. The summed E-state index contributed by atoms with van der Waals surface area (Å²) in [7, 11) is 0. The van der Waals surface area contributed by atoms with Crippen LogP contribution >= 0.6 is 0 Å². The minimum absolute atomic E-state index is 2.25. The van der Waals surface area contributed by atoms with E-state index in [2.05, 4.69) is 4.74 Å². The van der Waals surface area contributed by atoms with Crippen LogP contribution < -0.4 is 0 Å². The van der Waals surface area contributed by atoms with Crippen LogP contribution in [0, 0.1) is 0 Å². The van der Waals surface area contributed by atoms with Crippen molar-refractivity contribution < 1.29 is 44.2 Å². The lowest BCUT2D eigenvalue weighted by Crippen LogP contribution is -2.45. The van der Waals surface area contributed by atoms with Crippen molar-refractivity contribution in [2.45, 2.75) is 11.4 Å². The lowest BCUT2D eigenvalue weighted by molar-refractivity contribution is -0.309. The van der Waals surface area contributed by atoms with E-state index in [1.807, 2.05) is 0 Å². The van der Waals surface area contributed by atoms with Gasteiger partial charge in [0.25, 0.3) is 0 Å². The van der Waals surface area contributed by atoms with Crippen molar-refractivity contribution in [1.29, 1.82) is 0 Å². The molecule has 0 spiro atoms. The van der Waals surface area contributed by atoms with Gasteiger partial charge in [-0.2, -0.15) is 30.7 Å². The van der Waals surface area contributed by atoms with Crippen LogP contribution in [-0.2, 0) is 15.8 Å². The summed E-state index contributed by atoms with van der Waals surface area (Å²) in [5.74, 6) is 0. The number of rotatable bonds is 4. The molecular formula is C4HF7O3S. The molecule has 1 unspecified atom stereocenters. The molecule has 0 saturated heterocycles. The maximum absolute atomic E-state index is 12.1. The summed E-state index contributed by atoms with van der Waals surface area (Å²) in [6.07, 6.45) is -9.28. The molecule has 1 N–H and O–H groups in total. The average molecular weight is 262 g/mol. The molecule has 0 rings (SSSR count). The highest BCUT2D eigenvalue weighted by atomic mass is 32.2. The molecule has 0 bridgehead atoms. The van der Waals surface area contributed by atoms with Gasteiger partial charge < -0.3 is 9.29 Å². The van der Waals surface area contributed by atoms with Crippen molar-refractivity contribution in [3.05, 3.63) is 12.1 Å². The van der Waals surface area contributed by atoms with Crippen molar-refractivity contribution in [3.63, 3.8) is 0 Å². The molecule has 0 aromatic carbocycles. The summed E-state index contributed by atoms with van der Waals surface area (Å²) in [6, 6.07) is -3.26. The molecule has 0 aromatic heterocycles. The number of hydrogen-bond acceptors (Lipinski definition) is 2. The van der Waals surface area contributed by atoms with Gasteiger partial charge in [-0.3, -0.25) is 0 Å². The van der Waals surface area contributed by atoms with E-state index in [1.165, 1.54) is 0 Å². The third kappa shape index (κ3) is 3.06. The molecule has 0 aromatic rings. The zero-order chi connectivity index (χ0) is 12.4. The Morgan fingerprint density at radius 3 is 1.80 bits per heavy atom. The Balaban J connectivity index is 5.00. The van der Waals surface area contributed by atoms with Gasteiger partial charge in [0.1, 0.15) is 0 Å². The Bertz CT molecular complexity index is 297. The summed E-state index contributed by atoms with van der Waals surface area (Å²) in [5, 5.41) is -5.72. The molecule has 0 aliphatic heterocycles. The van der Waals surface area contributed by atoms with E-state index < -0.39 is 34.5 Å². The number of ether oxygens (including phenoxy) is 1. The summed E-state index contributed by atoms with van der Waals surface area (Å²) < 4.78 is 102. The minimum atomic E-state index is -5.87. The van der Waals surface area contributed by atoms with Gasteiger partial charge in [-0.05, 0) is 0 Å². The Morgan fingerprint density at radius 2 is 1.53 bits per heavy atom. The van der Waals surface area contributed by atoms with Crippen LogP contribution in [-0.4, -0.2) is 20.1 Å². The van der Waals surface area contributed by atoms with Gasteiger partial charge in [0.15, 0.2) is 0 Å². The van der Waals surface area contributed by atoms with E-state index in [4.69, 9.17) is 4.55 Å². The van der Waals surface area contributed by atoms with E-state index in [9.17, 15) is 34.9 Å². The highest BCUT2D eigenvalue weighted by Gasteiger charge is 2.65. The molecule has 1 atom stereocenters. The monoisotopic (exact) mass is 262 g/mol.